The van der Waals surface area contributed by atoms with Gasteiger partial charge in [0.05, 0.1) is 22.0 Å². The summed E-state index contributed by atoms with van der Waals surface area (Å²) in [4.78, 5) is 27.7. The Bertz CT molecular complexity index is 1140. The van der Waals surface area contributed by atoms with E-state index in [0.717, 1.165) is 16.1 Å². The van der Waals surface area contributed by atoms with Gasteiger partial charge in [-0.25, -0.2) is 8.42 Å². The molecule has 0 heterocycles. The second-order valence-electron chi connectivity index (χ2n) is 8.36. The predicted octanol–water partition coefficient (Wildman–Crippen LogP) is 4.26. The number of carbonyl (C=O) groups excluding carboxylic acids is 2. The molecule has 0 aliphatic carbocycles. The summed E-state index contributed by atoms with van der Waals surface area (Å²) in [5, 5.41) is 3.49. The van der Waals surface area contributed by atoms with Gasteiger partial charge in [0.15, 0.2) is 0 Å². The van der Waals surface area contributed by atoms with Crippen LogP contribution in [0, 0.1) is 0 Å². The molecule has 2 aromatic rings. The molecule has 0 saturated heterocycles. The Morgan fingerprint density at radius 2 is 1.68 bits per heavy atom. The van der Waals surface area contributed by atoms with Crippen LogP contribution in [-0.4, -0.2) is 50.0 Å². The lowest BCUT2D eigenvalue weighted by molar-refractivity contribution is -0.139. The van der Waals surface area contributed by atoms with Crippen LogP contribution >= 0.6 is 23.2 Å². The molecule has 2 amide bonds. The molecule has 0 spiro atoms. The van der Waals surface area contributed by atoms with Gasteiger partial charge in [-0.3, -0.25) is 13.9 Å². The maximum absolute atomic E-state index is 13.5. The number of amides is 2. The average molecular weight is 529 g/mol. The lowest BCUT2D eigenvalue weighted by Gasteiger charge is -2.32. The molecular weight excluding hydrogens is 497 g/mol. The van der Waals surface area contributed by atoms with Crippen molar-refractivity contribution in [1.29, 1.82) is 0 Å². The Morgan fingerprint density at radius 3 is 2.24 bits per heavy atom. The second kappa shape index (κ2) is 11.9. The Balaban J connectivity index is 2.45. The quantitative estimate of drug-likeness (QED) is 0.499. The Labute approximate surface area is 212 Å². The summed E-state index contributed by atoms with van der Waals surface area (Å²) >= 11 is 12.2. The zero-order valence-electron chi connectivity index (χ0n) is 20.0. The van der Waals surface area contributed by atoms with Gasteiger partial charge in [-0.1, -0.05) is 54.4 Å². The molecule has 7 nitrogen and oxygen atoms in total. The number of hydrogen-bond donors (Lipinski definition) is 1. The van der Waals surface area contributed by atoms with Crippen LogP contribution in [0.15, 0.2) is 42.5 Å². The number of nitrogens with one attached hydrogen (secondary N) is 1. The summed E-state index contributed by atoms with van der Waals surface area (Å²) in [5.41, 5.74) is 1.89. The van der Waals surface area contributed by atoms with E-state index in [1.807, 2.05) is 32.9 Å². The summed E-state index contributed by atoms with van der Waals surface area (Å²) in [7, 11) is -3.78. The van der Waals surface area contributed by atoms with Crippen LogP contribution in [0.2, 0.25) is 10.0 Å². The number of hydrogen-bond acceptors (Lipinski definition) is 4. The fourth-order valence-corrected chi connectivity index (χ4v) is 4.67. The molecule has 0 aliphatic rings. The van der Waals surface area contributed by atoms with Gasteiger partial charge in [-0.2, -0.15) is 0 Å². The zero-order valence-corrected chi connectivity index (χ0v) is 22.3. The maximum atomic E-state index is 13.5. The van der Waals surface area contributed by atoms with Gasteiger partial charge in [0.25, 0.3) is 0 Å². The van der Waals surface area contributed by atoms with Gasteiger partial charge in [0.2, 0.25) is 21.8 Å². The van der Waals surface area contributed by atoms with E-state index in [2.05, 4.69) is 5.32 Å². The van der Waals surface area contributed by atoms with E-state index >= 15 is 0 Å². The van der Waals surface area contributed by atoms with Crippen molar-refractivity contribution in [2.75, 3.05) is 17.1 Å². The number of carbonyl (C=O) groups is 2. The number of aryl methyl sites for hydroxylation is 1. The van der Waals surface area contributed by atoms with Gasteiger partial charge in [0.1, 0.15) is 12.6 Å². The molecule has 34 heavy (non-hydrogen) atoms. The van der Waals surface area contributed by atoms with E-state index in [1.54, 1.807) is 37.3 Å². The van der Waals surface area contributed by atoms with Crippen molar-refractivity contribution in [3.05, 3.63) is 63.6 Å². The first-order chi connectivity index (χ1) is 15.8. The molecule has 0 aliphatic heterocycles. The van der Waals surface area contributed by atoms with Gasteiger partial charge in [0, 0.05) is 12.6 Å². The monoisotopic (exact) mass is 527 g/mol. The maximum Gasteiger partial charge on any atom is 0.244 e. The first-order valence-corrected chi connectivity index (χ1v) is 13.5. The number of halogens is 2. The normalized spacial score (nSPS) is 12.4. The Morgan fingerprint density at radius 1 is 1.03 bits per heavy atom. The molecule has 0 bridgehead atoms. The largest absolute Gasteiger partial charge is 0.352 e. The summed E-state index contributed by atoms with van der Waals surface area (Å²) in [6, 6.07) is 11.0. The minimum Gasteiger partial charge on any atom is -0.352 e. The number of para-hydroxylation sites is 1. The minimum absolute atomic E-state index is 0.0510. The second-order valence-corrected chi connectivity index (χ2v) is 11.1. The molecule has 186 valence electrons. The summed E-state index contributed by atoms with van der Waals surface area (Å²) in [6.45, 7) is 6.77. The standard InChI is InChI=1S/C24H31Cl2N3O4S/c1-6-19-9-7-8-10-22(19)29(34(5,32)33)15-23(30)28(17(4)24(31)27-16(2)3)14-18-11-12-20(25)21(26)13-18/h7-13,16-17H,6,14-15H2,1-5H3,(H,27,31)/t17-/m1/s1. The third-order valence-corrected chi connectivity index (χ3v) is 7.12. The molecule has 2 aromatic carbocycles. The van der Waals surface area contributed by atoms with Crippen LogP contribution in [0.25, 0.3) is 0 Å². The van der Waals surface area contributed by atoms with Crippen molar-refractivity contribution < 1.29 is 18.0 Å². The van der Waals surface area contributed by atoms with Gasteiger partial charge < -0.3 is 10.2 Å². The number of anilines is 1. The van der Waals surface area contributed by atoms with Crippen molar-refractivity contribution in [3.63, 3.8) is 0 Å². The van der Waals surface area contributed by atoms with E-state index in [1.165, 1.54) is 4.90 Å². The highest BCUT2D eigenvalue weighted by molar-refractivity contribution is 7.92. The molecule has 0 aromatic heterocycles. The topological polar surface area (TPSA) is 86.8 Å². The molecule has 10 heteroatoms. The Kier molecular flexibility index (Phi) is 9.79. The van der Waals surface area contributed by atoms with Crippen molar-refractivity contribution in [2.45, 2.75) is 52.7 Å². The van der Waals surface area contributed by atoms with Crippen LogP contribution in [0.4, 0.5) is 5.69 Å². The summed E-state index contributed by atoms with van der Waals surface area (Å²) in [6.07, 6.45) is 1.65. The van der Waals surface area contributed by atoms with Crippen LogP contribution in [0.3, 0.4) is 0 Å². The fourth-order valence-electron chi connectivity index (χ4n) is 3.47. The fraction of sp³-hybridized carbons (Fsp3) is 0.417. The minimum atomic E-state index is -3.78. The van der Waals surface area contributed by atoms with Crippen LogP contribution in [-0.2, 0) is 32.6 Å². The van der Waals surface area contributed by atoms with Crippen LogP contribution < -0.4 is 9.62 Å². The van der Waals surface area contributed by atoms with Gasteiger partial charge in [-0.15, -0.1) is 0 Å². The van der Waals surface area contributed by atoms with Crippen molar-refractivity contribution in [2.24, 2.45) is 0 Å². The lowest BCUT2D eigenvalue weighted by atomic mass is 10.1. The molecular formula is C24H31Cl2N3O4S. The molecule has 2 rings (SSSR count). The van der Waals surface area contributed by atoms with Gasteiger partial charge >= 0.3 is 0 Å². The Hall–Kier alpha value is -2.29. The molecule has 0 radical (unpaired) electrons. The third-order valence-electron chi connectivity index (χ3n) is 5.26. The first-order valence-electron chi connectivity index (χ1n) is 10.9. The third kappa shape index (κ3) is 7.35. The smallest absolute Gasteiger partial charge is 0.244 e. The van der Waals surface area contributed by atoms with Crippen LogP contribution in [0.1, 0.15) is 38.8 Å². The zero-order chi connectivity index (χ0) is 25.6. The summed E-state index contributed by atoms with van der Waals surface area (Å²) in [5.74, 6) is -0.864. The number of rotatable bonds is 10. The average Bonchev–Trinajstić information content (AvgIpc) is 2.76. The number of sulfonamides is 1. The van der Waals surface area contributed by atoms with E-state index in [0.29, 0.717) is 27.7 Å². The van der Waals surface area contributed by atoms with E-state index in [4.69, 9.17) is 23.2 Å². The van der Waals surface area contributed by atoms with Crippen molar-refractivity contribution in [1.82, 2.24) is 10.2 Å². The van der Waals surface area contributed by atoms with Crippen LogP contribution in [0.5, 0.6) is 0 Å². The van der Waals surface area contributed by atoms with Gasteiger partial charge in [-0.05, 0) is 56.5 Å². The highest BCUT2D eigenvalue weighted by Gasteiger charge is 2.31. The predicted molar refractivity (Wildman–Crippen MR) is 138 cm³/mol. The van der Waals surface area contributed by atoms with Crippen molar-refractivity contribution in [3.8, 4) is 0 Å². The first kappa shape index (κ1) is 28.0. The molecule has 1 atom stereocenters. The highest BCUT2D eigenvalue weighted by atomic mass is 35.5. The van der Waals surface area contributed by atoms with Crippen molar-refractivity contribution >= 4 is 50.7 Å². The SMILES string of the molecule is CCc1ccccc1N(CC(=O)N(Cc1ccc(Cl)c(Cl)c1)[C@H](C)C(=O)NC(C)C)S(C)(=O)=O. The molecule has 0 fully saturated rings. The number of nitrogens with zero attached hydrogens (tertiary/aromatic N) is 2. The molecule has 1 N–H and O–H groups in total. The van der Waals surface area contributed by atoms with E-state index in [9.17, 15) is 18.0 Å². The number of benzene rings is 2. The van der Waals surface area contributed by atoms with E-state index < -0.39 is 28.5 Å². The highest BCUT2D eigenvalue weighted by Crippen LogP contribution is 2.26. The lowest BCUT2D eigenvalue weighted by Crippen LogP contribution is -2.52. The van der Waals surface area contributed by atoms with E-state index in [-0.39, 0.29) is 18.5 Å². The molecule has 0 saturated carbocycles. The summed E-state index contributed by atoms with van der Waals surface area (Å²) < 4.78 is 26.5. The molecule has 0 unspecified atom stereocenters.